The Labute approximate surface area is 169 Å². The van der Waals surface area contributed by atoms with Crippen LogP contribution in [0.4, 0.5) is 0 Å². The Bertz CT molecular complexity index is 758. The van der Waals surface area contributed by atoms with Crippen molar-refractivity contribution in [1.29, 1.82) is 0 Å². The van der Waals surface area contributed by atoms with E-state index in [2.05, 4.69) is 11.4 Å². The van der Waals surface area contributed by atoms with Crippen molar-refractivity contribution in [2.45, 2.75) is 59.0 Å². The summed E-state index contributed by atoms with van der Waals surface area (Å²) in [6.45, 7) is 7.11. The molecule has 0 spiro atoms. The Morgan fingerprint density at radius 1 is 1.00 bits per heavy atom. The highest BCUT2D eigenvalue weighted by Gasteiger charge is 2.28. The lowest BCUT2D eigenvalue weighted by atomic mass is 10.1. The van der Waals surface area contributed by atoms with Crippen molar-refractivity contribution in [3.63, 3.8) is 0 Å². The molecule has 1 atom stereocenters. The second-order valence-corrected chi connectivity index (χ2v) is 7.21. The molecule has 0 bridgehead atoms. The number of carbonyl (C=O) groups excluding carboxylic acids is 2. The van der Waals surface area contributed by atoms with E-state index in [0.29, 0.717) is 32.4 Å². The lowest BCUT2D eigenvalue weighted by molar-refractivity contribution is -0.141. The summed E-state index contributed by atoms with van der Waals surface area (Å²) in [6, 6.07) is 17.7. The van der Waals surface area contributed by atoms with Gasteiger partial charge in [0.2, 0.25) is 11.8 Å². The third-order valence-electron chi connectivity index (χ3n) is 4.84. The summed E-state index contributed by atoms with van der Waals surface area (Å²) in [7, 11) is 0. The Morgan fingerprint density at radius 3 is 2.36 bits per heavy atom. The number of rotatable bonds is 10. The first-order chi connectivity index (χ1) is 13.5. The molecule has 0 radical (unpaired) electrons. The molecule has 1 N–H and O–H groups in total. The number of nitrogens with one attached hydrogen (secondary N) is 1. The van der Waals surface area contributed by atoms with Crippen LogP contribution in [-0.4, -0.2) is 29.3 Å². The fourth-order valence-corrected chi connectivity index (χ4v) is 3.33. The zero-order valence-corrected chi connectivity index (χ0v) is 17.3. The van der Waals surface area contributed by atoms with E-state index in [1.807, 2.05) is 69.3 Å². The summed E-state index contributed by atoms with van der Waals surface area (Å²) in [5.41, 5.74) is 3.34. The zero-order chi connectivity index (χ0) is 20.4. The molecular formula is C24H32N2O2. The molecular weight excluding hydrogens is 348 g/mol. The molecule has 0 saturated carbocycles. The minimum absolute atomic E-state index is 0.0175. The number of hydrogen-bond acceptors (Lipinski definition) is 2. The van der Waals surface area contributed by atoms with Gasteiger partial charge in [-0.3, -0.25) is 9.59 Å². The highest BCUT2D eigenvalue weighted by Crippen LogP contribution is 2.16. The monoisotopic (exact) mass is 380 g/mol. The van der Waals surface area contributed by atoms with Gasteiger partial charge in [0.05, 0.1) is 0 Å². The van der Waals surface area contributed by atoms with Crippen LogP contribution in [-0.2, 0) is 22.6 Å². The number of carbonyl (C=O) groups is 2. The van der Waals surface area contributed by atoms with Gasteiger partial charge in [-0.2, -0.15) is 0 Å². The predicted octanol–water partition coefficient (Wildman–Crippen LogP) is 4.26. The van der Waals surface area contributed by atoms with Crippen LogP contribution in [0.5, 0.6) is 0 Å². The van der Waals surface area contributed by atoms with Crippen molar-refractivity contribution in [3.8, 4) is 0 Å². The lowest BCUT2D eigenvalue weighted by Gasteiger charge is -2.31. The molecule has 0 unspecified atom stereocenters. The highest BCUT2D eigenvalue weighted by atomic mass is 16.2. The molecule has 4 heteroatoms. The third kappa shape index (κ3) is 6.52. The first-order valence-electron chi connectivity index (χ1n) is 10.2. The molecule has 2 aromatic carbocycles. The SMILES string of the molecule is CCCNC(=O)[C@@H](CC)N(Cc1cccc(C)c1)C(=O)CCc1ccccc1. The van der Waals surface area contributed by atoms with E-state index in [1.54, 1.807) is 4.90 Å². The topological polar surface area (TPSA) is 49.4 Å². The summed E-state index contributed by atoms with van der Waals surface area (Å²) in [4.78, 5) is 27.6. The van der Waals surface area contributed by atoms with Crippen LogP contribution in [0.15, 0.2) is 54.6 Å². The zero-order valence-electron chi connectivity index (χ0n) is 17.3. The number of benzene rings is 2. The van der Waals surface area contributed by atoms with Gasteiger partial charge in [0, 0.05) is 19.5 Å². The third-order valence-corrected chi connectivity index (χ3v) is 4.84. The van der Waals surface area contributed by atoms with Gasteiger partial charge in [-0.15, -0.1) is 0 Å². The number of hydrogen-bond donors (Lipinski definition) is 1. The molecule has 0 heterocycles. The molecule has 0 aromatic heterocycles. The van der Waals surface area contributed by atoms with Crippen molar-refractivity contribution < 1.29 is 9.59 Å². The van der Waals surface area contributed by atoms with Crippen LogP contribution < -0.4 is 5.32 Å². The Balaban J connectivity index is 2.17. The van der Waals surface area contributed by atoms with Gasteiger partial charge in [0.1, 0.15) is 6.04 Å². The number of aryl methyl sites for hydroxylation is 2. The molecule has 0 aliphatic rings. The van der Waals surface area contributed by atoms with Crippen molar-refractivity contribution in [2.75, 3.05) is 6.54 Å². The van der Waals surface area contributed by atoms with Crippen LogP contribution in [0, 0.1) is 6.92 Å². The molecule has 0 fully saturated rings. The number of amides is 2. The quantitative estimate of drug-likeness (QED) is 0.669. The second-order valence-electron chi connectivity index (χ2n) is 7.21. The largest absolute Gasteiger partial charge is 0.354 e. The van der Waals surface area contributed by atoms with Crippen LogP contribution in [0.2, 0.25) is 0 Å². The molecule has 2 amide bonds. The molecule has 150 valence electrons. The molecule has 2 aromatic rings. The van der Waals surface area contributed by atoms with Gasteiger partial charge in [-0.05, 0) is 37.3 Å². The van der Waals surface area contributed by atoms with Gasteiger partial charge in [0.25, 0.3) is 0 Å². The fourth-order valence-electron chi connectivity index (χ4n) is 3.33. The van der Waals surface area contributed by atoms with E-state index >= 15 is 0 Å². The summed E-state index contributed by atoms with van der Waals surface area (Å²) >= 11 is 0. The predicted molar refractivity (Wildman–Crippen MR) is 114 cm³/mol. The Hall–Kier alpha value is -2.62. The molecule has 28 heavy (non-hydrogen) atoms. The summed E-state index contributed by atoms with van der Waals surface area (Å²) in [6.07, 6.45) is 2.55. The van der Waals surface area contributed by atoms with E-state index in [4.69, 9.17) is 0 Å². The highest BCUT2D eigenvalue weighted by molar-refractivity contribution is 5.87. The van der Waals surface area contributed by atoms with E-state index < -0.39 is 6.04 Å². The first-order valence-corrected chi connectivity index (χ1v) is 10.2. The van der Waals surface area contributed by atoms with Crippen LogP contribution >= 0.6 is 0 Å². The Morgan fingerprint density at radius 2 is 1.71 bits per heavy atom. The van der Waals surface area contributed by atoms with Gasteiger partial charge >= 0.3 is 0 Å². The average molecular weight is 381 g/mol. The van der Waals surface area contributed by atoms with Crippen LogP contribution in [0.1, 0.15) is 49.8 Å². The smallest absolute Gasteiger partial charge is 0.242 e. The maximum absolute atomic E-state index is 13.1. The molecule has 2 rings (SSSR count). The van der Waals surface area contributed by atoms with Gasteiger partial charge in [-0.1, -0.05) is 74.0 Å². The Kier molecular flexibility index (Phi) is 8.73. The van der Waals surface area contributed by atoms with Gasteiger partial charge in [-0.25, -0.2) is 0 Å². The normalized spacial score (nSPS) is 11.7. The van der Waals surface area contributed by atoms with Crippen molar-refractivity contribution >= 4 is 11.8 Å². The van der Waals surface area contributed by atoms with Gasteiger partial charge < -0.3 is 10.2 Å². The minimum Gasteiger partial charge on any atom is -0.354 e. The van der Waals surface area contributed by atoms with E-state index in [0.717, 1.165) is 23.1 Å². The standard InChI is InChI=1S/C24H32N2O2/c1-4-16-25-24(28)22(5-2)26(18-21-13-9-10-19(3)17-21)23(27)15-14-20-11-7-6-8-12-20/h6-13,17,22H,4-5,14-16,18H2,1-3H3,(H,25,28)/t22-/m1/s1. The first kappa shape index (κ1) is 21.7. The molecule has 0 aliphatic heterocycles. The average Bonchev–Trinajstić information content (AvgIpc) is 2.71. The summed E-state index contributed by atoms with van der Waals surface area (Å²) in [5, 5.41) is 2.96. The van der Waals surface area contributed by atoms with E-state index in [9.17, 15) is 9.59 Å². The fraction of sp³-hybridized carbons (Fsp3) is 0.417. The van der Waals surface area contributed by atoms with Crippen molar-refractivity contribution in [1.82, 2.24) is 10.2 Å². The molecule has 0 saturated heterocycles. The minimum atomic E-state index is -0.449. The summed E-state index contributed by atoms with van der Waals surface area (Å²) < 4.78 is 0. The van der Waals surface area contributed by atoms with E-state index in [1.165, 1.54) is 0 Å². The summed E-state index contributed by atoms with van der Waals surface area (Å²) in [5.74, 6) is -0.0473. The van der Waals surface area contributed by atoms with Crippen LogP contribution in [0.3, 0.4) is 0 Å². The van der Waals surface area contributed by atoms with Gasteiger partial charge in [0.15, 0.2) is 0 Å². The van der Waals surface area contributed by atoms with E-state index in [-0.39, 0.29) is 11.8 Å². The maximum Gasteiger partial charge on any atom is 0.242 e. The molecule has 0 aliphatic carbocycles. The van der Waals surface area contributed by atoms with Crippen LogP contribution in [0.25, 0.3) is 0 Å². The second kappa shape index (κ2) is 11.3. The number of nitrogens with zero attached hydrogens (tertiary/aromatic N) is 1. The van der Waals surface area contributed by atoms with Crippen molar-refractivity contribution in [3.05, 3.63) is 71.3 Å². The lowest BCUT2D eigenvalue weighted by Crippen LogP contribution is -2.49. The van der Waals surface area contributed by atoms with Crippen molar-refractivity contribution in [2.24, 2.45) is 0 Å². The maximum atomic E-state index is 13.1. The molecule has 4 nitrogen and oxygen atoms in total.